The Hall–Kier alpha value is -3.00. The van der Waals surface area contributed by atoms with Gasteiger partial charge in [-0.1, -0.05) is 31.4 Å². The second-order valence-electron chi connectivity index (χ2n) is 9.58. The van der Waals surface area contributed by atoms with E-state index < -0.39 is 11.6 Å². The molecule has 2 amide bonds. The molecule has 182 valence electrons. The molecule has 2 aliphatic rings. The second-order valence-corrected chi connectivity index (χ2v) is 9.58. The topological polar surface area (TPSA) is 117 Å². The lowest BCUT2D eigenvalue weighted by Crippen LogP contribution is -2.67. The number of fused-ring (bicyclic) bond motifs is 1. The van der Waals surface area contributed by atoms with Crippen LogP contribution in [0.25, 0.3) is 10.8 Å². The van der Waals surface area contributed by atoms with E-state index in [9.17, 15) is 14.4 Å². The number of pyridine rings is 1. The van der Waals surface area contributed by atoms with E-state index in [-0.39, 0.29) is 23.5 Å². The summed E-state index contributed by atoms with van der Waals surface area (Å²) in [5.41, 5.74) is 5.62. The van der Waals surface area contributed by atoms with Crippen molar-refractivity contribution in [3.63, 3.8) is 0 Å². The Kier molecular flexibility index (Phi) is 7.16. The molecule has 2 aromatic rings. The number of nitrogens with two attached hydrogens (primary N) is 1. The quantitative estimate of drug-likeness (QED) is 0.541. The van der Waals surface area contributed by atoms with Crippen molar-refractivity contribution in [3.05, 3.63) is 36.0 Å². The van der Waals surface area contributed by atoms with Gasteiger partial charge in [0.25, 0.3) is 5.91 Å². The first-order valence-corrected chi connectivity index (χ1v) is 12.3. The Bertz CT molecular complexity index is 1080. The highest BCUT2D eigenvalue weighted by atomic mass is 16.2. The number of ketones is 1. The molecule has 8 heteroatoms. The highest BCUT2D eigenvalue weighted by molar-refractivity contribution is 6.11. The van der Waals surface area contributed by atoms with Crippen molar-refractivity contribution in [3.8, 4) is 0 Å². The van der Waals surface area contributed by atoms with Crippen molar-refractivity contribution in [2.45, 2.75) is 70.0 Å². The van der Waals surface area contributed by atoms with Crippen LogP contribution in [0.5, 0.6) is 0 Å². The number of hydrogen-bond acceptors (Lipinski definition) is 6. The third kappa shape index (κ3) is 4.39. The molecule has 2 fully saturated rings. The van der Waals surface area contributed by atoms with Crippen molar-refractivity contribution in [2.75, 3.05) is 19.3 Å². The minimum atomic E-state index is -1.25. The number of Topliss-reactive ketones (excluding diaryl/α,β-unsaturated/α-hetero) is 1. The van der Waals surface area contributed by atoms with E-state index in [1.54, 1.807) is 18.1 Å². The number of amides is 2. The number of carbonyl (C=O) groups excluding carboxylic acids is 3. The van der Waals surface area contributed by atoms with Gasteiger partial charge in [-0.25, -0.2) is 4.98 Å². The highest BCUT2D eigenvalue weighted by Gasteiger charge is 2.53. The van der Waals surface area contributed by atoms with Crippen LogP contribution < -0.4 is 16.4 Å². The summed E-state index contributed by atoms with van der Waals surface area (Å²) >= 11 is 0. The summed E-state index contributed by atoms with van der Waals surface area (Å²) in [6, 6.07) is 7.13. The average Bonchev–Trinajstić information content (AvgIpc) is 3.34. The van der Waals surface area contributed by atoms with Gasteiger partial charge in [-0.3, -0.25) is 19.7 Å². The summed E-state index contributed by atoms with van der Waals surface area (Å²) in [5.74, 6) is -0.161. The summed E-state index contributed by atoms with van der Waals surface area (Å²) < 4.78 is 0. The molecule has 4 rings (SSSR count). The molecule has 1 unspecified atom stereocenters. The molecule has 1 aromatic heterocycles. The van der Waals surface area contributed by atoms with Gasteiger partial charge in [0.1, 0.15) is 11.9 Å². The second kappa shape index (κ2) is 10.1. The number of aromatic nitrogens is 1. The molecule has 8 nitrogen and oxygen atoms in total. The monoisotopic (exact) mass is 465 g/mol. The summed E-state index contributed by atoms with van der Waals surface area (Å²) in [6.45, 7) is 2.33. The summed E-state index contributed by atoms with van der Waals surface area (Å²) in [6.07, 6.45) is 7.87. The third-order valence-corrected chi connectivity index (χ3v) is 7.65. The van der Waals surface area contributed by atoms with Crippen molar-refractivity contribution in [2.24, 2.45) is 5.92 Å². The molecule has 34 heavy (non-hydrogen) atoms. The van der Waals surface area contributed by atoms with Crippen LogP contribution in [-0.4, -0.2) is 52.7 Å². The maximum atomic E-state index is 13.9. The van der Waals surface area contributed by atoms with E-state index in [0.29, 0.717) is 25.3 Å². The van der Waals surface area contributed by atoms with Crippen LogP contribution in [0.1, 0.15) is 57.4 Å². The predicted octanol–water partition coefficient (Wildman–Crippen LogP) is 2.55. The fourth-order valence-corrected chi connectivity index (χ4v) is 5.81. The Labute approximate surface area is 200 Å². The van der Waals surface area contributed by atoms with Crippen LogP contribution in [0.3, 0.4) is 0 Å². The van der Waals surface area contributed by atoms with Gasteiger partial charge in [0, 0.05) is 24.7 Å². The number of anilines is 1. The van der Waals surface area contributed by atoms with Gasteiger partial charge in [0.15, 0.2) is 11.3 Å². The van der Waals surface area contributed by atoms with Crippen LogP contribution in [-0.2, 0) is 20.9 Å². The average molecular weight is 466 g/mol. The number of likely N-dealkylation sites (N-methyl/N-ethyl adjacent to an activating group) is 1. The molecular formula is C26H35N5O3. The van der Waals surface area contributed by atoms with E-state index in [1.807, 2.05) is 24.3 Å². The molecule has 2 atom stereocenters. The Morgan fingerprint density at radius 1 is 1.12 bits per heavy atom. The first-order valence-electron chi connectivity index (χ1n) is 12.3. The first kappa shape index (κ1) is 24.1. The normalized spacial score (nSPS) is 20.8. The van der Waals surface area contributed by atoms with Gasteiger partial charge in [0.2, 0.25) is 5.91 Å². The summed E-state index contributed by atoms with van der Waals surface area (Å²) in [4.78, 5) is 45.6. The zero-order valence-corrected chi connectivity index (χ0v) is 20.1. The van der Waals surface area contributed by atoms with E-state index in [2.05, 4.69) is 15.6 Å². The summed E-state index contributed by atoms with van der Waals surface area (Å²) in [7, 11) is 1.70. The standard InChI is InChI=1S/C26H35N5O3/c1-17(32)26(28-2,20-7-4-3-5-8-20)25(34)31-14-6-9-22(31)24(33)30-16-18-10-11-21-19(15-18)12-13-29-23(21)27/h10-13,15,20,22,28H,3-9,14,16H2,1-2H3,(H2,27,29)(H,30,33)/t22-,26?/m0/s1. The first-order chi connectivity index (χ1) is 16.4. The van der Waals surface area contributed by atoms with Crippen molar-refractivity contribution in [1.29, 1.82) is 0 Å². The van der Waals surface area contributed by atoms with Gasteiger partial charge in [-0.05, 0) is 68.7 Å². The molecular weight excluding hydrogens is 430 g/mol. The zero-order chi connectivity index (χ0) is 24.3. The number of nitrogen functional groups attached to an aromatic ring is 1. The van der Waals surface area contributed by atoms with Crippen molar-refractivity contribution < 1.29 is 14.4 Å². The number of carbonyl (C=O) groups is 3. The highest BCUT2D eigenvalue weighted by Crippen LogP contribution is 2.36. The molecule has 0 radical (unpaired) electrons. The Balaban J connectivity index is 1.49. The zero-order valence-electron chi connectivity index (χ0n) is 20.1. The third-order valence-electron chi connectivity index (χ3n) is 7.65. The number of nitrogens with one attached hydrogen (secondary N) is 2. The fraction of sp³-hybridized carbons (Fsp3) is 0.538. The smallest absolute Gasteiger partial charge is 0.251 e. The summed E-state index contributed by atoms with van der Waals surface area (Å²) in [5, 5.41) is 7.95. The lowest BCUT2D eigenvalue weighted by Gasteiger charge is -2.42. The van der Waals surface area contributed by atoms with E-state index in [1.165, 1.54) is 6.92 Å². The van der Waals surface area contributed by atoms with Gasteiger partial charge in [-0.2, -0.15) is 0 Å². The van der Waals surface area contributed by atoms with Gasteiger partial charge in [0.05, 0.1) is 0 Å². The molecule has 2 heterocycles. The molecule has 1 aromatic carbocycles. The number of hydrogen-bond donors (Lipinski definition) is 3. The number of benzene rings is 1. The number of likely N-dealkylation sites (tertiary alicyclic amines) is 1. The van der Waals surface area contributed by atoms with Crippen LogP contribution in [0.4, 0.5) is 5.82 Å². The molecule has 0 bridgehead atoms. The molecule has 1 aliphatic carbocycles. The predicted molar refractivity (Wildman–Crippen MR) is 132 cm³/mol. The van der Waals surface area contributed by atoms with Crippen LogP contribution in [0, 0.1) is 5.92 Å². The fourth-order valence-electron chi connectivity index (χ4n) is 5.81. The minimum absolute atomic E-state index is 0.0416. The molecule has 1 saturated carbocycles. The SMILES string of the molecule is CNC(C(C)=O)(C(=O)N1CCC[C@H]1C(=O)NCc1ccc2c(N)nccc2c1)C1CCCCC1. The van der Waals surface area contributed by atoms with Crippen LogP contribution >= 0.6 is 0 Å². The number of nitrogens with zero attached hydrogens (tertiary/aromatic N) is 2. The maximum Gasteiger partial charge on any atom is 0.251 e. The molecule has 4 N–H and O–H groups in total. The molecule has 1 aliphatic heterocycles. The lowest BCUT2D eigenvalue weighted by atomic mass is 9.71. The number of rotatable bonds is 7. The molecule has 1 saturated heterocycles. The van der Waals surface area contributed by atoms with E-state index in [0.717, 1.165) is 54.9 Å². The van der Waals surface area contributed by atoms with Gasteiger partial charge in [-0.15, -0.1) is 0 Å². The van der Waals surface area contributed by atoms with Gasteiger partial charge < -0.3 is 16.0 Å². The Morgan fingerprint density at radius 2 is 1.88 bits per heavy atom. The van der Waals surface area contributed by atoms with E-state index in [4.69, 9.17) is 5.73 Å². The largest absolute Gasteiger partial charge is 0.383 e. The Morgan fingerprint density at radius 3 is 2.59 bits per heavy atom. The maximum absolute atomic E-state index is 13.9. The van der Waals surface area contributed by atoms with Gasteiger partial charge >= 0.3 is 0 Å². The van der Waals surface area contributed by atoms with Crippen LogP contribution in [0.15, 0.2) is 30.5 Å². The van der Waals surface area contributed by atoms with Crippen LogP contribution in [0.2, 0.25) is 0 Å². The lowest BCUT2D eigenvalue weighted by molar-refractivity contribution is -0.151. The van der Waals surface area contributed by atoms with E-state index >= 15 is 0 Å². The molecule has 0 spiro atoms. The van der Waals surface area contributed by atoms with Crippen molar-refractivity contribution >= 4 is 34.2 Å². The minimum Gasteiger partial charge on any atom is -0.383 e. The van der Waals surface area contributed by atoms with Crippen molar-refractivity contribution in [1.82, 2.24) is 20.5 Å².